The minimum Gasteiger partial charge on any atom is -0.423 e. The Hall–Kier alpha value is -3.37. The SMILES string of the molecule is C=Cc1ccc(OC(=O)c2ccccc2)cc1NC(=O)c1ccccc1Cl. The van der Waals surface area contributed by atoms with Crippen LogP contribution in [0.4, 0.5) is 5.69 Å². The van der Waals surface area contributed by atoms with E-state index in [4.69, 9.17) is 16.3 Å². The van der Waals surface area contributed by atoms with E-state index in [1.54, 1.807) is 72.8 Å². The fourth-order valence-electron chi connectivity index (χ4n) is 2.46. The second kappa shape index (κ2) is 8.34. The van der Waals surface area contributed by atoms with Crippen molar-refractivity contribution < 1.29 is 14.3 Å². The molecule has 0 saturated carbocycles. The molecule has 27 heavy (non-hydrogen) atoms. The molecule has 0 saturated heterocycles. The van der Waals surface area contributed by atoms with Gasteiger partial charge in [-0.25, -0.2) is 4.79 Å². The second-order valence-corrected chi connectivity index (χ2v) is 6.05. The zero-order valence-corrected chi connectivity index (χ0v) is 15.1. The molecule has 3 rings (SSSR count). The van der Waals surface area contributed by atoms with Crippen molar-refractivity contribution >= 4 is 35.2 Å². The molecule has 0 aromatic heterocycles. The molecule has 0 unspecified atom stereocenters. The van der Waals surface area contributed by atoms with Gasteiger partial charge in [-0.2, -0.15) is 0 Å². The summed E-state index contributed by atoms with van der Waals surface area (Å²) in [4.78, 5) is 24.7. The number of rotatable bonds is 5. The topological polar surface area (TPSA) is 55.4 Å². The highest BCUT2D eigenvalue weighted by Crippen LogP contribution is 2.26. The van der Waals surface area contributed by atoms with Gasteiger partial charge in [-0.3, -0.25) is 4.79 Å². The Labute approximate surface area is 162 Å². The summed E-state index contributed by atoms with van der Waals surface area (Å²) in [6.45, 7) is 3.74. The summed E-state index contributed by atoms with van der Waals surface area (Å²) >= 11 is 6.08. The number of hydrogen-bond donors (Lipinski definition) is 1. The third-order valence-corrected chi connectivity index (χ3v) is 4.16. The molecule has 0 aliphatic carbocycles. The Morgan fingerprint density at radius 3 is 2.37 bits per heavy atom. The van der Waals surface area contributed by atoms with Gasteiger partial charge in [0.25, 0.3) is 5.91 Å². The summed E-state index contributed by atoms with van der Waals surface area (Å²) in [6, 6.07) is 20.3. The minimum atomic E-state index is -0.481. The van der Waals surface area contributed by atoms with Crippen LogP contribution in [0.15, 0.2) is 79.4 Å². The molecular weight excluding hydrogens is 362 g/mol. The fourth-order valence-corrected chi connectivity index (χ4v) is 2.68. The Kier molecular flexibility index (Phi) is 5.69. The van der Waals surface area contributed by atoms with Gasteiger partial charge in [-0.1, -0.05) is 54.6 Å². The van der Waals surface area contributed by atoms with E-state index >= 15 is 0 Å². The van der Waals surface area contributed by atoms with E-state index in [-0.39, 0.29) is 5.91 Å². The average Bonchev–Trinajstić information content (AvgIpc) is 2.69. The number of nitrogens with one attached hydrogen (secondary N) is 1. The van der Waals surface area contributed by atoms with E-state index in [2.05, 4.69) is 11.9 Å². The zero-order chi connectivity index (χ0) is 19.2. The van der Waals surface area contributed by atoms with Crippen molar-refractivity contribution in [1.82, 2.24) is 0 Å². The first-order valence-corrected chi connectivity index (χ1v) is 8.56. The van der Waals surface area contributed by atoms with E-state index in [1.807, 2.05) is 6.07 Å². The van der Waals surface area contributed by atoms with Crippen molar-refractivity contribution in [2.45, 2.75) is 0 Å². The van der Waals surface area contributed by atoms with E-state index in [1.165, 1.54) is 0 Å². The lowest BCUT2D eigenvalue weighted by Gasteiger charge is -2.12. The highest BCUT2D eigenvalue weighted by Gasteiger charge is 2.14. The molecule has 0 bridgehead atoms. The van der Waals surface area contributed by atoms with Gasteiger partial charge in [0.1, 0.15) is 5.75 Å². The van der Waals surface area contributed by atoms with Gasteiger partial charge in [0.2, 0.25) is 0 Å². The van der Waals surface area contributed by atoms with Crippen LogP contribution in [0.3, 0.4) is 0 Å². The first kappa shape index (κ1) is 18.4. The molecule has 0 atom stereocenters. The molecule has 5 heteroatoms. The van der Waals surface area contributed by atoms with E-state index in [0.29, 0.717) is 33.1 Å². The molecule has 0 aliphatic rings. The highest BCUT2D eigenvalue weighted by molar-refractivity contribution is 6.34. The molecule has 0 radical (unpaired) electrons. The zero-order valence-electron chi connectivity index (χ0n) is 14.3. The van der Waals surface area contributed by atoms with Crippen LogP contribution in [0.25, 0.3) is 6.08 Å². The maximum Gasteiger partial charge on any atom is 0.343 e. The number of ether oxygens (including phenoxy) is 1. The van der Waals surface area contributed by atoms with Crippen LogP contribution < -0.4 is 10.1 Å². The maximum atomic E-state index is 12.5. The predicted molar refractivity (Wildman–Crippen MR) is 107 cm³/mol. The molecule has 1 N–H and O–H groups in total. The summed E-state index contributed by atoms with van der Waals surface area (Å²) in [7, 11) is 0. The quantitative estimate of drug-likeness (QED) is 0.475. The lowest BCUT2D eigenvalue weighted by Crippen LogP contribution is -2.14. The lowest BCUT2D eigenvalue weighted by molar-refractivity contribution is 0.0735. The number of hydrogen-bond acceptors (Lipinski definition) is 3. The van der Waals surface area contributed by atoms with Crippen LogP contribution in [0.2, 0.25) is 5.02 Å². The standard InChI is InChI=1S/C22H16ClNO3/c1-2-15-12-13-17(27-22(26)16-8-4-3-5-9-16)14-20(15)24-21(25)18-10-6-7-11-19(18)23/h2-14H,1H2,(H,24,25). The molecule has 4 nitrogen and oxygen atoms in total. The Morgan fingerprint density at radius 2 is 1.67 bits per heavy atom. The average molecular weight is 378 g/mol. The summed E-state index contributed by atoms with van der Waals surface area (Å²) < 4.78 is 5.40. The monoisotopic (exact) mass is 377 g/mol. The molecule has 0 aliphatic heterocycles. The van der Waals surface area contributed by atoms with Gasteiger partial charge in [0, 0.05) is 6.07 Å². The number of esters is 1. The summed E-state index contributed by atoms with van der Waals surface area (Å²) in [5.74, 6) is -0.538. The summed E-state index contributed by atoms with van der Waals surface area (Å²) in [5.41, 5.74) is 1.94. The number of halogens is 1. The van der Waals surface area contributed by atoms with Crippen LogP contribution in [0, 0.1) is 0 Å². The molecule has 0 spiro atoms. The largest absolute Gasteiger partial charge is 0.423 e. The molecule has 0 fully saturated rings. The number of benzene rings is 3. The van der Waals surface area contributed by atoms with E-state index in [0.717, 1.165) is 0 Å². The Morgan fingerprint density at radius 1 is 0.963 bits per heavy atom. The van der Waals surface area contributed by atoms with E-state index < -0.39 is 5.97 Å². The smallest absolute Gasteiger partial charge is 0.343 e. The Balaban J connectivity index is 1.83. The molecule has 3 aromatic carbocycles. The summed E-state index contributed by atoms with van der Waals surface area (Å²) in [5, 5.41) is 3.13. The van der Waals surface area contributed by atoms with Gasteiger partial charge in [0.05, 0.1) is 21.8 Å². The van der Waals surface area contributed by atoms with Crippen molar-refractivity contribution in [3.63, 3.8) is 0 Å². The van der Waals surface area contributed by atoms with Crippen LogP contribution in [-0.2, 0) is 0 Å². The maximum absolute atomic E-state index is 12.5. The minimum absolute atomic E-state index is 0.309. The number of carbonyl (C=O) groups excluding carboxylic acids is 2. The van der Waals surface area contributed by atoms with Gasteiger partial charge in [-0.05, 0) is 42.0 Å². The van der Waals surface area contributed by atoms with Gasteiger partial charge in [-0.15, -0.1) is 0 Å². The third kappa shape index (κ3) is 4.43. The number of anilines is 1. The van der Waals surface area contributed by atoms with Crippen LogP contribution in [0.1, 0.15) is 26.3 Å². The number of carbonyl (C=O) groups is 2. The third-order valence-electron chi connectivity index (χ3n) is 3.83. The Bertz CT molecular complexity index is 999. The van der Waals surface area contributed by atoms with Crippen molar-refractivity contribution in [2.24, 2.45) is 0 Å². The van der Waals surface area contributed by atoms with Crippen LogP contribution in [0.5, 0.6) is 5.75 Å². The molecule has 3 aromatic rings. The first-order valence-electron chi connectivity index (χ1n) is 8.18. The molecule has 134 valence electrons. The predicted octanol–water partition coefficient (Wildman–Crippen LogP) is 5.45. The first-order chi connectivity index (χ1) is 13.1. The highest BCUT2D eigenvalue weighted by atomic mass is 35.5. The second-order valence-electron chi connectivity index (χ2n) is 5.64. The van der Waals surface area contributed by atoms with Crippen molar-refractivity contribution in [1.29, 1.82) is 0 Å². The number of amides is 1. The van der Waals surface area contributed by atoms with Crippen LogP contribution >= 0.6 is 11.6 Å². The molecule has 0 heterocycles. The van der Waals surface area contributed by atoms with Gasteiger partial charge < -0.3 is 10.1 Å². The van der Waals surface area contributed by atoms with Gasteiger partial charge >= 0.3 is 5.97 Å². The van der Waals surface area contributed by atoms with Crippen molar-refractivity contribution in [2.75, 3.05) is 5.32 Å². The summed E-state index contributed by atoms with van der Waals surface area (Å²) in [6.07, 6.45) is 1.60. The van der Waals surface area contributed by atoms with Gasteiger partial charge in [0.15, 0.2) is 0 Å². The van der Waals surface area contributed by atoms with Crippen LogP contribution in [-0.4, -0.2) is 11.9 Å². The normalized spacial score (nSPS) is 10.1. The van der Waals surface area contributed by atoms with Crippen molar-refractivity contribution in [3.05, 3.63) is 101 Å². The fraction of sp³-hybridized carbons (Fsp3) is 0. The molecular formula is C22H16ClNO3. The van der Waals surface area contributed by atoms with E-state index in [9.17, 15) is 9.59 Å². The van der Waals surface area contributed by atoms with Crippen molar-refractivity contribution in [3.8, 4) is 5.75 Å². The molecule has 1 amide bonds. The lowest BCUT2D eigenvalue weighted by atomic mass is 10.1.